The summed E-state index contributed by atoms with van der Waals surface area (Å²) in [6.45, 7) is -0.0572. The van der Waals surface area contributed by atoms with E-state index in [1.807, 2.05) is 0 Å². The van der Waals surface area contributed by atoms with Crippen molar-refractivity contribution in [1.82, 2.24) is 9.21 Å². The minimum Gasteiger partial charge on any atom is -0.270 e. The lowest BCUT2D eigenvalue weighted by molar-refractivity contribution is 0.0642. The minimum absolute atomic E-state index is 0.0572. The van der Waals surface area contributed by atoms with Crippen LogP contribution >= 0.6 is 23.2 Å². The van der Waals surface area contributed by atoms with Crippen LogP contribution in [0.3, 0.4) is 0 Å². The van der Waals surface area contributed by atoms with E-state index in [9.17, 15) is 18.0 Å². The third kappa shape index (κ3) is 3.12. The van der Waals surface area contributed by atoms with Crippen LogP contribution < -0.4 is 0 Å². The Morgan fingerprint density at radius 3 is 2.00 bits per heavy atom. The van der Waals surface area contributed by atoms with Gasteiger partial charge in [-0.1, -0.05) is 35.3 Å². The number of sulfonamides is 1. The number of benzene rings is 2. The topological polar surface area (TPSA) is 74.8 Å². The molecule has 136 valence electrons. The number of hydrogen-bond donors (Lipinski definition) is 0. The SMILES string of the molecule is CN(C)S(=O)(=O)c1cccc(CN2C(=O)c3cc(Cl)c(Cl)cc3C2=O)c1. The Morgan fingerprint density at radius 1 is 0.962 bits per heavy atom. The fraction of sp³-hybridized carbons (Fsp3) is 0.176. The van der Waals surface area contributed by atoms with Crippen LogP contribution in [0.15, 0.2) is 41.3 Å². The summed E-state index contributed by atoms with van der Waals surface area (Å²) in [5.74, 6) is -0.992. The van der Waals surface area contributed by atoms with Gasteiger partial charge in [0.2, 0.25) is 10.0 Å². The van der Waals surface area contributed by atoms with E-state index < -0.39 is 21.8 Å². The van der Waals surface area contributed by atoms with Crippen molar-refractivity contribution in [2.75, 3.05) is 14.1 Å². The normalized spacial score (nSPS) is 14.3. The summed E-state index contributed by atoms with van der Waals surface area (Å²) in [5, 5.41) is 0.375. The molecule has 0 unspecified atom stereocenters. The number of halogens is 2. The molecule has 3 rings (SSSR count). The molecule has 1 heterocycles. The number of carbonyl (C=O) groups excluding carboxylic acids is 2. The third-order valence-corrected chi connectivity index (χ3v) is 6.56. The third-order valence-electron chi connectivity index (χ3n) is 4.03. The number of rotatable bonds is 4. The molecular weight excluding hydrogens is 399 g/mol. The highest BCUT2D eigenvalue weighted by Gasteiger charge is 2.36. The Bertz CT molecular complexity index is 994. The van der Waals surface area contributed by atoms with Gasteiger partial charge in [0.05, 0.1) is 32.6 Å². The molecule has 0 saturated heterocycles. The van der Waals surface area contributed by atoms with Crippen molar-refractivity contribution in [1.29, 1.82) is 0 Å². The molecule has 0 saturated carbocycles. The van der Waals surface area contributed by atoms with Crippen molar-refractivity contribution in [3.05, 3.63) is 63.1 Å². The van der Waals surface area contributed by atoms with Crippen LogP contribution in [0.1, 0.15) is 26.3 Å². The molecule has 26 heavy (non-hydrogen) atoms. The summed E-state index contributed by atoms with van der Waals surface area (Å²) in [4.78, 5) is 26.2. The molecule has 1 aliphatic heterocycles. The molecule has 0 atom stereocenters. The average molecular weight is 413 g/mol. The van der Waals surface area contributed by atoms with Gasteiger partial charge < -0.3 is 0 Å². The lowest BCUT2D eigenvalue weighted by Gasteiger charge is -2.16. The number of carbonyl (C=O) groups is 2. The number of nitrogens with zero attached hydrogens (tertiary/aromatic N) is 2. The molecule has 0 aliphatic carbocycles. The van der Waals surface area contributed by atoms with Crippen molar-refractivity contribution in [3.8, 4) is 0 Å². The second-order valence-electron chi connectivity index (χ2n) is 5.94. The van der Waals surface area contributed by atoms with Crippen molar-refractivity contribution in [3.63, 3.8) is 0 Å². The zero-order valence-corrected chi connectivity index (χ0v) is 16.2. The van der Waals surface area contributed by atoms with E-state index in [0.29, 0.717) is 5.56 Å². The smallest absolute Gasteiger partial charge is 0.261 e. The standard InChI is InChI=1S/C17H14Cl2N2O4S/c1-20(2)26(24,25)11-5-3-4-10(6-11)9-21-16(22)12-7-14(18)15(19)8-13(12)17(21)23/h3-8H,9H2,1-2H3. The van der Waals surface area contributed by atoms with Gasteiger partial charge >= 0.3 is 0 Å². The molecule has 0 bridgehead atoms. The molecule has 6 nitrogen and oxygen atoms in total. The molecule has 0 radical (unpaired) electrons. The van der Waals surface area contributed by atoms with E-state index in [4.69, 9.17) is 23.2 Å². The van der Waals surface area contributed by atoms with Crippen LogP contribution in [0, 0.1) is 0 Å². The summed E-state index contributed by atoms with van der Waals surface area (Å²) in [5.41, 5.74) is 0.877. The van der Waals surface area contributed by atoms with E-state index in [-0.39, 0.29) is 32.6 Å². The Labute approximate surface area is 161 Å². The second-order valence-corrected chi connectivity index (χ2v) is 8.91. The van der Waals surface area contributed by atoms with Crippen LogP contribution in [0.4, 0.5) is 0 Å². The first-order valence-corrected chi connectivity index (χ1v) is 9.69. The lowest BCUT2D eigenvalue weighted by atomic mass is 10.1. The van der Waals surface area contributed by atoms with E-state index in [0.717, 1.165) is 9.21 Å². The highest BCUT2D eigenvalue weighted by Crippen LogP contribution is 2.32. The van der Waals surface area contributed by atoms with Gasteiger partial charge in [-0.3, -0.25) is 14.5 Å². The molecular formula is C17H14Cl2N2O4S. The van der Waals surface area contributed by atoms with Crippen LogP contribution in [0.2, 0.25) is 10.0 Å². The summed E-state index contributed by atoms with van der Waals surface area (Å²) in [6.07, 6.45) is 0. The van der Waals surface area contributed by atoms with Crippen molar-refractivity contribution < 1.29 is 18.0 Å². The summed E-state index contributed by atoms with van der Waals surface area (Å²) >= 11 is 11.9. The van der Waals surface area contributed by atoms with Crippen molar-refractivity contribution in [2.24, 2.45) is 0 Å². The zero-order chi connectivity index (χ0) is 19.2. The first-order valence-electron chi connectivity index (χ1n) is 7.49. The molecule has 9 heteroatoms. The van der Waals surface area contributed by atoms with E-state index in [1.54, 1.807) is 12.1 Å². The maximum atomic E-state index is 12.5. The van der Waals surface area contributed by atoms with Gasteiger partial charge in [0.1, 0.15) is 0 Å². The van der Waals surface area contributed by atoms with E-state index in [2.05, 4.69) is 0 Å². The maximum Gasteiger partial charge on any atom is 0.261 e. The maximum absolute atomic E-state index is 12.5. The van der Waals surface area contributed by atoms with Gasteiger partial charge in [-0.25, -0.2) is 12.7 Å². The van der Waals surface area contributed by atoms with Gasteiger partial charge in [0.25, 0.3) is 11.8 Å². The first kappa shape index (κ1) is 18.8. The molecule has 0 aromatic heterocycles. The predicted octanol–water partition coefficient (Wildman–Crippen LogP) is 3.04. The minimum atomic E-state index is -3.61. The van der Waals surface area contributed by atoms with Gasteiger partial charge in [-0.15, -0.1) is 0 Å². The van der Waals surface area contributed by atoms with Gasteiger partial charge in [-0.2, -0.15) is 0 Å². The fourth-order valence-corrected chi connectivity index (χ4v) is 3.92. The summed E-state index contributed by atoms with van der Waals surface area (Å²) < 4.78 is 25.6. The van der Waals surface area contributed by atoms with Crippen molar-refractivity contribution >= 4 is 45.0 Å². The number of fused-ring (bicyclic) bond motifs is 1. The monoisotopic (exact) mass is 412 g/mol. The number of amides is 2. The summed E-state index contributed by atoms with van der Waals surface area (Å²) in [7, 11) is -0.754. The Balaban J connectivity index is 1.94. The highest BCUT2D eigenvalue weighted by molar-refractivity contribution is 7.89. The second kappa shape index (κ2) is 6.66. The Morgan fingerprint density at radius 2 is 1.50 bits per heavy atom. The number of imide groups is 1. The van der Waals surface area contributed by atoms with Gasteiger partial charge in [-0.05, 0) is 29.8 Å². The first-order chi connectivity index (χ1) is 12.1. The van der Waals surface area contributed by atoms with Crippen LogP contribution in [0.25, 0.3) is 0 Å². The van der Waals surface area contributed by atoms with Crippen LogP contribution in [0.5, 0.6) is 0 Å². The fourth-order valence-electron chi connectivity index (χ4n) is 2.63. The largest absolute Gasteiger partial charge is 0.270 e. The molecule has 2 aromatic carbocycles. The molecule has 0 spiro atoms. The summed E-state index contributed by atoms with van der Waals surface area (Å²) in [6, 6.07) is 8.86. The molecule has 1 aliphatic rings. The molecule has 0 N–H and O–H groups in total. The quantitative estimate of drug-likeness (QED) is 0.723. The van der Waals surface area contributed by atoms with Crippen LogP contribution in [-0.2, 0) is 16.6 Å². The average Bonchev–Trinajstić information content (AvgIpc) is 2.80. The van der Waals surface area contributed by atoms with Crippen molar-refractivity contribution in [2.45, 2.75) is 11.4 Å². The molecule has 0 fully saturated rings. The lowest BCUT2D eigenvalue weighted by Crippen LogP contribution is -2.29. The van der Waals surface area contributed by atoms with Gasteiger partial charge in [0.15, 0.2) is 0 Å². The van der Waals surface area contributed by atoms with Gasteiger partial charge in [0, 0.05) is 14.1 Å². The number of hydrogen-bond acceptors (Lipinski definition) is 4. The predicted molar refractivity (Wildman–Crippen MR) is 98.0 cm³/mol. The van der Waals surface area contributed by atoms with E-state index >= 15 is 0 Å². The molecule has 2 aromatic rings. The Kier molecular flexibility index (Phi) is 4.83. The Hall–Kier alpha value is -1.93. The zero-order valence-electron chi connectivity index (χ0n) is 13.9. The van der Waals surface area contributed by atoms with E-state index in [1.165, 1.54) is 38.4 Å². The highest BCUT2D eigenvalue weighted by atomic mass is 35.5. The van der Waals surface area contributed by atoms with Crippen LogP contribution in [-0.4, -0.2) is 43.5 Å². The molecule has 2 amide bonds.